The van der Waals surface area contributed by atoms with Crippen LogP contribution >= 0.6 is 0 Å². The van der Waals surface area contributed by atoms with Crippen LogP contribution in [0.5, 0.6) is 0 Å². The van der Waals surface area contributed by atoms with Crippen LogP contribution in [-0.2, 0) is 16.0 Å². The second-order valence-corrected chi connectivity index (χ2v) is 5.83. The highest BCUT2D eigenvalue weighted by atomic mass is 16.5. The fraction of sp³-hybridized carbons (Fsp3) is 0.375. The van der Waals surface area contributed by atoms with Gasteiger partial charge in [-0.05, 0) is 26.0 Å². The Morgan fingerprint density at radius 1 is 1.35 bits per heavy atom. The maximum Gasteiger partial charge on any atom is 0.199 e. The lowest BCUT2D eigenvalue weighted by atomic mass is 10.1. The van der Waals surface area contributed by atoms with Crippen molar-refractivity contribution < 1.29 is 13.9 Å². The van der Waals surface area contributed by atoms with Crippen LogP contribution in [0.1, 0.15) is 30.1 Å². The molecule has 0 N–H and O–H groups in total. The Balaban J connectivity index is 1.88. The first-order chi connectivity index (χ1) is 11.1. The van der Waals surface area contributed by atoms with Crippen LogP contribution in [0.25, 0.3) is 17.2 Å². The molecule has 1 aliphatic rings. The average molecular weight is 312 g/mol. The molecule has 1 fully saturated rings. The van der Waals surface area contributed by atoms with Crippen LogP contribution in [0.4, 0.5) is 0 Å². The molecular weight excluding hydrogens is 296 g/mol. The molecule has 7 heteroatoms. The van der Waals surface area contributed by atoms with Gasteiger partial charge in [0.25, 0.3) is 0 Å². The first-order valence-electron chi connectivity index (χ1n) is 7.51. The lowest BCUT2D eigenvalue weighted by Crippen LogP contribution is -2.26. The topological polar surface area (TPSA) is 82.5 Å². The Morgan fingerprint density at radius 2 is 2.17 bits per heavy atom. The first-order valence-corrected chi connectivity index (χ1v) is 7.51. The van der Waals surface area contributed by atoms with Gasteiger partial charge in [-0.25, -0.2) is 9.97 Å². The van der Waals surface area contributed by atoms with Crippen LogP contribution in [0, 0.1) is 6.92 Å². The van der Waals surface area contributed by atoms with Gasteiger partial charge < -0.3 is 9.15 Å². The standard InChI is InChI=1S/C16H16N4O3/c1-9(21)5-12-6-14-18-15(11-7-22-8-11)19-20(14)16(17-12)13-4-3-10(2)23-13/h3-4,6,11H,5,7-8H2,1-2H3. The number of aromatic nitrogens is 4. The summed E-state index contributed by atoms with van der Waals surface area (Å²) in [5, 5.41) is 4.56. The summed E-state index contributed by atoms with van der Waals surface area (Å²) in [6.45, 7) is 4.70. The zero-order valence-corrected chi connectivity index (χ0v) is 12.9. The van der Waals surface area contributed by atoms with Gasteiger partial charge in [0.15, 0.2) is 23.1 Å². The quantitative estimate of drug-likeness (QED) is 0.732. The van der Waals surface area contributed by atoms with Crippen molar-refractivity contribution in [2.24, 2.45) is 0 Å². The van der Waals surface area contributed by atoms with E-state index in [-0.39, 0.29) is 18.1 Å². The molecular formula is C16H16N4O3. The zero-order chi connectivity index (χ0) is 16.0. The fourth-order valence-electron chi connectivity index (χ4n) is 2.57. The van der Waals surface area contributed by atoms with E-state index in [2.05, 4.69) is 15.1 Å². The molecule has 4 rings (SSSR count). The molecule has 3 aromatic rings. The SMILES string of the molecule is CC(=O)Cc1cc2nc(C3COC3)nn2c(-c2ccc(C)o2)n1. The molecule has 0 atom stereocenters. The predicted molar refractivity (Wildman–Crippen MR) is 81.2 cm³/mol. The minimum absolute atomic E-state index is 0.0514. The van der Waals surface area contributed by atoms with E-state index in [0.717, 1.165) is 11.6 Å². The van der Waals surface area contributed by atoms with Crippen LogP contribution < -0.4 is 0 Å². The molecule has 118 valence electrons. The molecule has 1 saturated heterocycles. The van der Waals surface area contributed by atoms with Gasteiger partial charge in [-0.15, -0.1) is 5.10 Å². The summed E-state index contributed by atoms with van der Waals surface area (Å²) in [6, 6.07) is 5.53. The number of carbonyl (C=O) groups excluding carboxylic acids is 1. The maximum atomic E-state index is 11.4. The molecule has 7 nitrogen and oxygen atoms in total. The molecule has 0 spiro atoms. The van der Waals surface area contributed by atoms with Crippen molar-refractivity contribution in [2.45, 2.75) is 26.2 Å². The van der Waals surface area contributed by atoms with Crippen LogP contribution in [0.15, 0.2) is 22.6 Å². The number of hydrogen-bond donors (Lipinski definition) is 0. The molecule has 0 bridgehead atoms. The van der Waals surface area contributed by atoms with E-state index in [0.29, 0.717) is 36.1 Å². The van der Waals surface area contributed by atoms with Gasteiger partial charge >= 0.3 is 0 Å². The van der Waals surface area contributed by atoms with Crippen molar-refractivity contribution in [1.29, 1.82) is 0 Å². The second-order valence-electron chi connectivity index (χ2n) is 5.83. The Kier molecular flexibility index (Phi) is 3.23. The van der Waals surface area contributed by atoms with Gasteiger partial charge in [0, 0.05) is 12.5 Å². The highest BCUT2D eigenvalue weighted by Crippen LogP contribution is 2.25. The first kappa shape index (κ1) is 14.1. The third kappa shape index (κ3) is 2.53. The summed E-state index contributed by atoms with van der Waals surface area (Å²) < 4.78 is 12.6. The van der Waals surface area contributed by atoms with Crippen molar-refractivity contribution in [1.82, 2.24) is 19.6 Å². The van der Waals surface area contributed by atoms with Crippen molar-refractivity contribution >= 4 is 11.4 Å². The van der Waals surface area contributed by atoms with E-state index < -0.39 is 0 Å². The third-order valence-corrected chi connectivity index (χ3v) is 3.79. The van der Waals surface area contributed by atoms with Gasteiger partial charge in [0.05, 0.1) is 24.8 Å². The molecule has 0 radical (unpaired) electrons. The summed E-state index contributed by atoms with van der Waals surface area (Å²) in [6.07, 6.45) is 0.262. The number of fused-ring (bicyclic) bond motifs is 1. The Labute approximate surface area is 132 Å². The Bertz CT molecular complexity index is 892. The molecule has 0 amide bonds. The monoisotopic (exact) mass is 312 g/mol. The highest BCUT2D eigenvalue weighted by Gasteiger charge is 2.26. The number of Topliss-reactive ketones (excluding diaryl/α,β-unsaturated/α-hetero) is 1. The number of aryl methyl sites for hydroxylation is 1. The van der Waals surface area contributed by atoms with Gasteiger partial charge in [0.2, 0.25) is 0 Å². The van der Waals surface area contributed by atoms with Gasteiger partial charge in [-0.3, -0.25) is 4.79 Å². The Morgan fingerprint density at radius 3 is 2.78 bits per heavy atom. The highest BCUT2D eigenvalue weighted by molar-refractivity contribution is 5.78. The van der Waals surface area contributed by atoms with E-state index >= 15 is 0 Å². The minimum atomic E-state index is 0.0514. The number of ketones is 1. The number of carbonyl (C=O) groups is 1. The lowest BCUT2D eigenvalue weighted by Gasteiger charge is -2.22. The molecule has 0 aromatic carbocycles. The summed E-state index contributed by atoms with van der Waals surface area (Å²) in [7, 11) is 0. The van der Waals surface area contributed by atoms with Gasteiger partial charge in [0.1, 0.15) is 11.5 Å². The van der Waals surface area contributed by atoms with E-state index in [9.17, 15) is 4.79 Å². The molecule has 0 saturated carbocycles. The van der Waals surface area contributed by atoms with Crippen molar-refractivity contribution in [3.8, 4) is 11.6 Å². The van der Waals surface area contributed by atoms with Crippen LogP contribution in [0.3, 0.4) is 0 Å². The molecule has 0 unspecified atom stereocenters. The lowest BCUT2D eigenvalue weighted by molar-refractivity contribution is -0.116. The molecule has 3 aromatic heterocycles. The summed E-state index contributed by atoms with van der Waals surface area (Å²) in [4.78, 5) is 20.6. The van der Waals surface area contributed by atoms with Gasteiger partial charge in [-0.2, -0.15) is 4.52 Å². The fourth-order valence-corrected chi connectivity index (χ4v) is 2.57. The molecule has 23 heavy (non-hydrogen) atoms. The number of nitrogens with zero attached hydrogens (tertiary/aromatic N) is 4. The van der Waals surface area contributed by atoms with E-state index in [1.165, 1.54) is 0 Å². The summed E-state index contributed by atoms with van der Waals surface area (Å²) in [5.41, 5.74) is 1.33. The van der Waals surface area contributed by atoms with Crippen molar-refractivity contribution in [3.05, 3.63) is 35.5 Å². The smallest absolute Gasteiger partial charge is 0.199 e. The normalized spacial score (nSPS) is 15.0. The predicted octanol–water partition coefficient (Wildman–Crippen LogP) is 1.94. The Hall–Kier alpha value is -2.54. The molecule has 1 aliphatic heterocycles. The zero-order valence-electron chi connectivity index (χ0n) is 12.9. The minimum Gasteiger partial charge on any atom is -0.458 e. The van der Waals surface area contributed by atoms with E-state index in [1.54, 1.807) is 17.5 Å². The number of ether oxygens (including phenoxy) is 1. The number of furan rings is 1. The van der Waals surface area contributed by atoms with E-state index in [1.807, 2.05) is 19.1 Å². The number of rotatable bonds is 4. The van der Waals surface area contributed by atoms with Crippen molar-refractivity contribution in [2.75, 3.05) is 13.2 Å². The largest absolute Gasteiger partial charge is 0.458 e. The van der Waals surface area contributed by atoms with Crippen LogP contribution in [0.2, 0.25) is 0 Å². The average Bonchev–Trinajstić information content (AvgIpc) is 3.01. The third-order valence-electron chi connectivity index (χ3n) is 3.79. The maximum absolute atomic E-state index is 11.4. The van der Waals surface area contributed by atoms with Crippen LogP contribution in [-0.4, -0.2) is 38.6 Å². The van der Waals surface area contributed by atoms with Gasteiger partial charge in [-0.1, -0.05) is 0 Å². The van der Waals surface area contributed by atoms with Crippen molar-refractivity contribution in [3.63, 3.8) is 0 Å². The second kappa shape index (κ2) is 5.27. The summed E-state index contributed by atoms with van der Waals surface area (Å²) >= 11 is 0. The van der Waals surface area contributed by atoms with E-state index in [4.69, 9.17) is 9.15 Å². The number of hydrogen-bond acceptors (Lipinski definition) is 6. The molecule has 0 aliphatic carbocycles. The molecule has 4 heterocycles. The summed E-state index contributed by atoms with van der Waals surface area (Å²) in [5.74, 6) is 2.97.